The molecule has 3 heterocycles. The summed E-state index contributed by atoms with van der Waals surface area (Å²) in [7, 11) is 0. The van der Waals surface area contributed by atoms with Gasteiger partial charge in [-0.25, -0.2) is 0 Å². The Morgan fingerprint density at radius 1 is 1.38 bits per heavy atom. The molecule has 1 amide bonds. The molecule has 1 N–H and O–H groups in total. The summed E-state index contributed by atoms with van der Waals surface area (Å²) in [6.07, 6.45) is 1.92. The molecule has 138 valence electrons. The monoisotopic (exact) mass is 376 g/mol. The van der Waals surface area contributed by atoms with Gasteiger partial charge in [0.05, 0.1) is 18.8 Å². The smallest absolute Gasteiger partial charge is 0.316 e. The van der Waals surface area contributed by atoms with Crippen LogP contribution in [0.25, 0.3) is 11.5 Å². The molecule has 2 fully saturated rings. The summed E-state index contributed by atoms with van der Waals surface area (Å²) in [6.45, 7) is 5.30. The molecule has 1 aromatic carbocycles. The van der Waals surface area contributed by atoms with Crippen molar-refractivity contribution in [3.05, 3.63) is 29.3 Å². The fourth-order valence-corrected chi connectivity index (χ4v) is 3.76. The van der Waals surface area contributed by atoms with Gasteiger partial charge in [0.15, 0.2) is 0 Å². The van der Waals surface area contributed by atoms with Gasteiger partial charge in [0.1, 0.15) is 6.04 Å². The molecule has 0 radical (unpaired) electrons. The number of hydrogen-bond donors (Lipinski definition) is 1. The van der Waals surface area contributed by atoms with Crippen molar-refractivity contribution in [1.82, 2.24) is 15.1 Å². The molecule has 3 atom stereocenters. The summed E-state index contributed by atoms with van der Waals surface area (Å²) in [6, 6.07) is 7.04. The minimum Gasteiger partial charge on any atom is -0.403 e. The van der Waals surface area contributed by atoms with Crippen LogP contribution in [0.15, 0.2) is 28.7 Å². The first-order valence-electron chi connectivity index (χ1n) is 8.76. The Kier molecular flexibility index (Phi) is 4.36. The highest BCUT2D eigenvalue weighted by Gasteiger charge is 2.49. The molecule has 2 aromatic rings. The number of ether oxygens (including phenoxy) is 1. The molecule has 8 heteroatoms. The molecular formula is C18H21ClN4O3. The van der Waals surface area contributed by atoms with E-state index in [4.69, 9.17) is 20.8 Å². The Morgan fingerprint density at radius 2 is 2.12 bits per heavy atom. The summed E-state index contributed by atoms with van der Waals surface area (Å²) in [5, 5.41) is 11.6. The van der Waals surface area contributed by atoms with Gasteiger partial charge in [0.2, 0.25) is 11.8 Å². The first-order chi connectivity index (χ1) is 12.5. The van der Waals surface area contributed by atoms with Crippen LogP contribution in [0.5, 0.6) is 0 Å². The van der Waals surface area contributed by atoms with Gasteiger partial charge in [-0.1, -0.05) is 16.7 Å². The second-order valence-corrected chi connectivity index (χ2v) is 7.52. The van der Waals surface area contributed by atoms with Crippen LogP contribution in [0.3, 0.4) is 0 Å². The highest BCUT2D eigenvalue weighted by Crippen LogP contribution is 2.39. The zero-order chi connectivity index (χ0) is 18.3. The maximum atomic E-state index is 12.8. The molecule has 7 nitrogen and oxygen atoms in total. The molecule has 1 spiro atoms. The van der Waals surface area contributed by atoms with E-state index in [1.165, 1.54) is 0 Å². The van der Waals surface area contributed by atoms with E-state index in [1.807, 2.05) is 4.90 Å². The first kappa shape index (κ1) is 17.3. The number of anilines is 1. The summed E-state index contributed by atoms with van der Waals surface area (Å²) in [4.78, 5) is 14.7. The molecule has 0 saturated carbocycles. The third-order valence-electron chi connectivity index (χ3n) is 5.13. The molecule has 4 rings (SSSR count). The average Bonchev–Trinajstić information content (AvgIpc) is 3.19. The quantitative estimate of drug-likeness (QED) is 0.883. The van der Waals surface area contributed by atoms with E-state index in [0.717, 1.165) is 25.0 Å². The number of benzene rings is 1. The standard InChI is InChI=1S/C18H21ClN4O3/c1-11-9-18(7-8-25-18)10-23(11)16(24)12(2)20-17-22-21-15(26-17)13-3-5-14(19)6-4-13/h3-6,11-12H,7-10H2,1-2H3,(H,20,22)/t11-,12-,18-/m1/s1. The van der Waals surface area contributed by atoms with E-state index in [1.54, 1.807) is 31.2 Å². The van der Waals surface area contributed by atoms with E-state index < -0.39 is 6.04 Å². The van der Waals surface area contributed by atoms with Gasteiger partial charge < -0.3 is 19.4 Å². The predicted octanol–water partition coefficient (Wildman–Crippen LogP) is 2.97. The van der Waals surface area contributed by atoms with Crippen molar-refractivity contribution in [2.45, 2.75) is 44.4 Å². The van der Waals surface area contributed by atoms with Crippen LogP contribution in [0, 0.1) is 0 Å². The minimum absolute atomic E-state index is 0.0103. The lowest BCUT2D eigenvalue weighted by Crippen LogP contribution is -2.48. The number of likely N-dealkylation sites (tertiary alicyclic amines) is 1. The van der Waals surface area contributed by atoms with E-state index in [-0.39, 0.29) is 23.6 Å². The Balaban J connectivity index is 1.41. The Hall–Kier alpha value is -2.12. The fourth-order valence-electron chi connectivity index (χ4n) is 3.64. The van der Waals surface area contributed by atoms with E-state index in [0.29, 0.717) is 17.5 Å². The van der Waals surface area contributed by atoms with Crippen LogP contribution in [0.1, 0.15) is 26.7 Å². The van der Waals surface area contributed by atoms with Crippen LogP contribution in [-0.2, 0) is 9.53 Å². The Labute approximate surface area is 156 Å². The van der Waals surface area contributed by atoms with Gasteiger partial charge in [-0.15, -0.1) is 5.10 Å². The van der Waals surface area contributed by atoms with Crippen LogP contribution in [0.4, 0.5) is 6.01 Å². The van der Waals surface area contributed by atoms with Gasteiger partial charge in [-0.3, -0.25) is 4.79 Å². The molecule has 1 aromatic heterocycles. The van der Waals surface area contributed by atoms with E-state index >= 15 is 0 Å². The molecule has 26 heavy (non-hydrogen) atoms. The molecule has 2 saturated heterocycles. The zero-order valence-corrected chi connectivity index (χ0v) is 15.5. The fraction of sp³-hybridized carbons (Fsp3) is 0.500. The van der Waals surface area contributed by atoms with E-state index in [9.17, 15) is 4.79 Å². The lowest BCUT2D eigenvalue weighted by molar-refractivity contribution is -0.146. The highest BCUT2D eigenvalue weighted by molar-refractivity contribution is 6.30. The highest BCUT2D eigenvalue weighted by atomic mass is 35.5. The SMILES string of the molecule is C[C@@H]1C[C@]2(CCO2)CN1C(=O)[C@@H](C)Nc1nnc(-c2ccc(Cl)cc2)o1. The first-order valence-corrected chi connectivity index (χ1v) is 9.14. The molecule has 2 aliphatic rings. The Bertz CT molecular complexity index is 803. The third-order valence-corrected chi connectivity index (χ3v) is 5.39. The lowest BCUT2D eigenvalue weighted by atomic mass is 9.92. The number of carbonyl (C=O) groups excluding carboxylic acids is 1. The number of halogens is 1. The number of nitrogens with one attached hydrogen (secondary N) is 1. The van der Waals surface area contributed by atoms with Crippen molar-refractivity contribution in [2.24, 2.45) is 0 Å². The van der Waals surface area contributed by atoms with Gasteiger partial charge in [-0.2, -0.15) is 0 Å². The summed E-state index contributed by atoms with van der Waals surface area (Å²) >= 11 is 5.89. The number of aromatic nitrogens is 2. The average molecular weight is 377 g/mol. The number of carbonyl (C=O) groups is 1. The van der Waals surface area contributed by atoms with Gasteiger partial charge >= 0.3 is 6.01 Å². The van der Waals surface area contributed by atoms with Crippen molar-refractivity contribution in [2.75, 3.05) is 18.5 Å². The van der Waals surface area contributed by atoms with E-state index in [2.05, 4.69) is 22.4 Å². The molecule has 0 bridgehead atoms. The molecule has 2 aliphatic heterocycles. The number of hydrogen-bond acceptors (Lipinski definition) is 6. The van der Waals surface area contributed by atoms with Crippen molar-refractivity contribution in [1.29, 1.82) is 0 Å². The normalized spacial score (nSPS) is 26.0. The molecular weight excluding hydrogens is 356 g/mol. The second-order valence-electron chi connectivity index (χ2n) is 7.09. The minimum atomic E-state index is -0.466. The molecule has 0 unspecified atom stereocenters. The maximum Gasteiger partial charge on any atom is 0.316 e. The van der Waals surface area contributed by atoms with Crippen molar-refractivity contribution >= 4 is 23.5 Å². The van der Waals surface area contributed by atoms with Crippen LogP contribution in [0.2, 0.25) is 5.02 Å². The van der Waals surface area contributed by atoms with Gasteiger partial charge in [-0.05, 0) is 44.5 Å². The van der Waals surface area contributed by atoms with Gasteiger partial charge in [0.25, 0.3) is 0 Å². The van der Waals surface area contributed by atoms with Crippen molar-refractivity contribution < 1.29 is 13.9 Å². The summed E-state index contributed by atoms with van der Waals surface area (Å²) < 4.78 is 11.3. The summed E-state index contributed by atoms with van der Waals surface area (Å²) in [5.41, 5.74) is 0.646. The van der Waals surface area contributed by atoms with Crippen LogP contribution >= 0.6 is 11.6 Å². The van der Waals surface area contributed by atoms with Crippen LogP contribution < -0.4 is 5.32 Å². The van der Waals surface area contributed by atoms with Crippen LogP contribution in [-0.4, -0.2) is 51.8 Å². The maximum absolute atomic E-state index is 12.8. The largest absolute Gasteiger partial charge is 0.403 e. The van der Waals surface area contributed by atoms with Gasteiger partial charge in [0, 0.05) is 23.0 Å². The number of amides is 1. The number of rotatable bonds is 4. The third kappa shape index (κ3) is 3.17. The molecule has 0 aliphatic carbocycles. The topological polar surface area (TPSA) is 80.5 Å². The second kappa shape index (κ2) is 6.55. The zero-order valence-electron chi connectivity index (χ0n) is 14.7. The van der Waals surface area contributed by atoms with Crippen molar-refractivity contribution in [3.8, 4) is 11.5 Å². The predicted molar refractivity (Wildman–Crippen MR) is 96.9 cm³/mol. The lowest BCUT2D eigenvalue weighted by Gasteiger charge is -2.38. The number of nitrogens with zero attached hydrogens (tertiary/aromatic N) is 3. The Morgan fingerprint density at radius 3 is 2.73 bits per heavy atom. The summed E-state index contributed by atoms with van der Waals surface area (Å²) in [5.74, 6) is 0.385. The van der Waals surface area contributed by atoms with Crippen molar-refractivity contribution in [3.63, 3.8) is 0 Å².